The molecular formula is C21H23NO2. The fourth-order valence-corrected chi connectivity index (χ4v) is 3.39. The van der Waals surface area contributed by atoms with E-state index in [9.17, 15) is 0 Å². The highest BCUT2D eigenvalue weighted by molar-refractivity contribution is 5.87. The lowest BCUT2D eigenvalue weighted by atomic mass is 9.74. The third-order valence-electron chi connectivity index (χ3n) is 4.79. The second-order valence-corrected chi connectivity index (χ2v) is 6.10. The molecule has 0 aliphatic carbocycles. The van der Waals surface area contributed by atoms with Crippen molar-refractivity contribution in [3.8, 4) is 11.5 Å². The third kappa shape index (κ3) is 2.51. The van der Waals surface area contributed by atoms with Gasteiger partial charge in [-0.3, -0.25) is 0 Å². The Balaban J connectivity index is 2.30. The summed E-state index contributed by atoms with van der Waals surface area (Å²) in [4.78, 5) is 0. The number of methoxy groups -OCH3 is 2. The highest BCUT2D eigenvalue weighted by Crippen LogP contribution is 2.43. The molecule has 1 atom stereocenters. The first-order valence-corrected chi connectivity index (χ1v) is 8.05. The Morgan fingerprint density at radius 2 is 1.50 bits per heavy atom. The van der Waals surface area contributed by atoms with Crippen LogP contribution in [0, 0.1) is 0 Å². The lowest BCUT2D eigenvalue weighted by molar-refractivity contribution is 0.346. The Morgan fingerprint density at radius 3 is 2.21 bits per heavy atom. The summed E-state index contributed by atoms with van der Waals surface area (Å²) in [6, 6.07) is 20.7. The van der Waals surface area contributed by atoms with E-state index >= 15 is 0 Å². The van der Waals surface area contributed by atoms with Crippen molar-refractivity contribution in [3.63, 3.8) is 0 Å². The zero-order valence-corrected chi connectivity index (χ0v) is 14.4. The first kappa shape index (κ1) is 16.3. The van der Waals surface area contributed by atoms with Crippen LogP contribution in [0.5, 0.6) is 11.5 Å². The van der Waals surface area contributed by atoms with Crippen molar-refractivity contribution in [2.75, 3.05) is 20.8 Å². The number of nitrogens with two attached hydrogens (primary N) is 1. The maximum absolute atomic E-state index is 6.28. The van der Waals surface area contributed by atoms with Gasteiger partial charge in [0.2, 0.25) is 0 Å². The van der Waals surface area contributed by atoms with Gasteiger partial charge < -0.3 is 15.2 Å². The van der Waals surface area contributed by atoms with Gasteiger partial charge in [-0.15, -0.1) is 0 Å². The van der Waals surface area contributed by atoms with Crippen molar-refractivity contribution in [3.05, 3.63) is 71.8 Å². The second kappa shape index (κ2) is 6.54. The average Bonchev–Trinajstić information content (AvgIpc) is 2.66. The molecular weight excluding hydrogens is 298 g/mol. The van der Waals surface area contributed by atoms with Crippen LogP contribution in [0.1, 0.15) is 18.1 Å². The van der Waals surface area contributed by atoms with Crippen molar-refractivity contribution in [1.29, 1.82) is 0 Å². The van der Waals surface area contributed by atoms with E-state index in [1.165, 1.54) is 16.3 Å². The van der Waals surface area contributed by atoms with Gasteiger partial charge in [0.15, 0.2) is 11.5 Å². The highest BCUT2D eigenvalue weighted by atomic mass is 16.5. The molecule has 3 aromatic carbocycles. The van der Waals surface area contributed by atoms with E-state index in [1.54, 1.807) is 14.2 Å². The van der Waals surface area contributed by atoms with Crippen LogP contribution >= 0.6 is 0 Å². The Labute approximate surface area is 143 Å². The first-order chi connectivity index (χ1) is 11.7. The monoisotopic (exact) mass is 321 g/mol. The Bertz CT molecular complexity index is 854. The molecule has 3 heteroatoms. The van der Waals surface area contributed by atoms with Gasteiger partial charge in [0, 0.05) is 17.5 Å². The molecule has 0 aromatic heterocycles. The molecule has 0 heterocycles. The molecule has 3 aromatic rings. The Kier molecular flexibility index (Phi) is 4.45. The number of rotatable bonds is 5. The molecule has 0 amide bonds. The van der Waals surface area contributed by atoms with Gasteiger partial charge in [0.05, 0.1) is 14.2 Å². The van der Waals surface area contributed by atoms with Crippen LogP contribution in [0.4, 0.5) is 0 Å². The van der Waals surface area contributed by atoms with E-state index in [1.807, 2.05) is 12.1 Å². The van der Waals surface area contributed by atoms with Gasteiger partial charge in [0.1, 0.15) is 0 Å². The van der Waals surface area contributed by atoms with Crippen molar-refractivity contribution < 1.29 is 9.47 Å². The van der Waals surface area contributed by atoms with E-state index in [2.05, 4.69) is 55.5 Å². The zero-order chi connectivity index (χ0) is 17.2. The predicted octanol–water partition coefficient (Wildman–Crippen LogP) is 4.12. The van der Waals surface area contributed by atoms with Crippen LogP contribution in [0.25, 0.3) is 10.8 Å². The number of hydrogen-bond donors (Lipinski definition) is 1. The Hall–Kier alpha value is -2.52. The number of benzene rings is 3. The molecule has 0 saturated carbocycles. The van der Waals surface area contributed by atoms with E-state index in [4.69, 9.17) is 15.2 Å². The molecule has 0 aliphatic heterocycles. The van der Waals surface area contributed by atoms with Crippen molar-refractivity contribution in [1.82, 2.24) is 0 Å². The summed E-state index contributed by atoms with van der Waals surface area (Å²) in [5.41, 5.74) is 8.11. The molecule has 0 radical (unpaired) electrons. The predicted molar refractivity (Wildman–Crippen MR) is 99.0 cm³/mol. The van der Waals surface area contributed by atoms with E-state index in [0.717, 1.165) is 17.1 Å². The summed E-state index contributed by atoms with van der Waals surface area (Å²) >= 11 is 0. The van der Waals surface area contributed by atoms with Gasteiger partial charge in [0.25, 0.3) is 0 Å². The summed E-state index contributed by atoms with van der Waals surface area (Å²) in [5, 5.41) is 2.41. The molecule has 3 rings (SSSR count). The smallest absolute Gasteiger partial charge is 0.164 e. The molecule has 0 bridgehead atoms. The maximum Gasteiger partial charge on any atom is 0.164 e. The molecule has 3 nitrogen and oxygen atoms in total. The number of fused-ring (bicyclic) bond motifs is 1. The van der Waals surface area contributed by atoms with E-state index < -0.39 is 0 Å². The largest absolute Gasteiger partial charge is 0.493 e. The summed E-state index contributed by atoms with van der Waals surface area (Å²) in [6.07, 6.45) is 0. The van der Waals surface area contributed by atoms with E-state index in [0.29, 0.717) is 6.54 Å². The molecule has 1 unspecified atom stereocenters. The molecule has 24 heavy (non-hydrogen) atoms. The molecule has 0 fully saturated rings. The summed E-state index contributed by atoms with van der Waals surface area (Å²) in [5.74, 6) is 1.45. The third-order valence-corrected chi connectivity index (χ3v) is 4.79. The quantitative estimate of drug-likeness (QED) is 0.769. The second-order valence-electron chi connectivity index (χ2n) is 6.10. The first-order valence-electron chi connectivity index (χ1n) is 8.05. The summed E-state index contributed by atoms with van der Waals surface area (Å²) in [6.45, 7) is 2.62. The average molecular weight is 321 g/mol. The van der Waals surface area contributed by atoms with Crippen molar-refractivity contribution in [2.24, 2.45) is 5.73 Å². The molecule has 0 saturated heterocycles. The lowest BCUT2D eigenvalue weighted by Crippen LogP contribution is -2.33. The van der Waals surface area contributed by atoms with Crippen LogP contribution in [0.15, 0.2) is 60.7 Å². The molecule has 2 N–H and O–H groups in total. The SMILES string of the molecule is COc1cccc(C(C)(CN)c2cccc3ccccc23)c1OC. The van der Waals surface area contributed by atoms with Gasteiger partial charge in [-0.05, 0) is 22.4 Å². The highest BCUT2D eigenvalue weighted by Gasteiger charge is 2.33. The molecule has 124 valence electrons. The number of ether oxygens (including phenoxy) is 2. The topological polar surface area (TPSA) is 44.5 Å². The van der Waals surface area contributed by atoms with Crippen LogP contribution in [0.2, 0.25) is 0 Å². The Morgan fingerprint density at radius 1 is 0.833 bits per heavy atom. The van der Waals surface area contributed by atoms with E-state index in [-0.39, 0.29) is 5.41 Å². The van der Waals surface area contributed by atoms with Gasteiger partial charge in [-0.2, -0.15) is 0 Å². The summed E-state index contributed by atoms with van der Waals surface area (Å²) in [7, 11) is 3.32. The normalized spacial score (nSPS) is 13.5. The minimum absolute atomic E-state index is 0.388. The summed E-state index contributed by atoms with van der Waals surface area (Å²) < 4.78 is 11.1. The van der Waals surface area contributed by atoms with Gasteiger partial charge in [-0.1, -0.05) is 61.5 Å². The zero-order valence-electron chi connectivity index (χ0n) is 14.4. The van der Waals surface area contributed by atoms with Crippen LogP contribution in [-0.2, 0) is 5.41 Å². The van der Waals surface area contributed by atoms with Crippen molar-refractivity contribution in [2.45, 2.75) is 12.3 Å². The van der Waals surface area contributed by atoms with Crippen molar-refractivity contribution >= 4 is 10.8 Å². The fourth-order valence-electron chi connectivity index (χ4n) is 3.39. The number of hydrogen-bond acceptors (Lipinski definition) is 3. The minimum atomic E-state index is -0.388. The lowest BCUT2D eigenvalue weighted by Gasteiger charge is -2.32. The van der Waals surface area contributed by atoms with Gasteiger partial charge >= 0.3 is 0 Å². The van der Waals surface area contributed by atoms with Crippen LogP contribution in [-0.4, -0.2) is 20.8 Å². The fraction of sp³-hybridized carbons (Fsp3) is 0.238. The maximum atomic E-state index is 6.28. The van der Waals surface area contributed by atoms with Crippen LogP contribution in [0.3, 0.4) is 0 Å². The van der Waals surface area contributed by atoms with Crippen LogP contribution < -0.4 is 15.2 Å². The molecule has 0 aliphatic rings. The molecule has 0 spiro atoms. The minimum Gasteiger partial charge on any atom is -0.493 e. The van der Waals surface area contributed by atoms with Gasteiger partial charge in [-0.25, -0.2) is 0 Å². The standard InChI is InChI=1S/C21H23NO2/c1-21(14-22,18-12-7-13-19(23-2)20(18)24-3)17-11-6-9-15-8-4-5-10-16(15)17/h4-13H,14,22H2,1-3H3. The number of para-hydroxylation sites is 1.